The highest BCUT2D eigenvalue weighted by atomic mass is 32.2. The third kappa shape index (κ3) is 4.55. The van der Waals surface area contributed by atoms with E-state index in [1.54, 1.807) is 48.7 Å². The average molecular weight is 412 g/mol. The average Bonchev–Trinajstić information content (AvgIpc) is 2.77. The number of pyridine rings is 1. The van der Waals surface area contributed by atoms with Crippen LogP contribution in [0.3, 0.4) is 0 Å². The highest BCUT2D eigenvalue weighted by molar-refractivity contribution is 7.92. The van der Waals surface area contributed by atoms with E-state index in [4.69, 9.17) is 9.47 Å². The summed E-state index contributed by atoms with van der Waals surface area (Å²) in [6.45, 7) is 0.0380. The highest BCUT2D eigenvalue weighted by Crippen LogP contribution is 2.30. The van der Waals surface area contributed by atoms with Gasteiger partial charge in [0.15, 0.2) is 0 Å². The summed E-state index contributed by atoms with van der Waals surface area (Å²) in [4.78, 5) is 16.3. The fraction of sp³-hybridized carbons (Fsp3) is 0.143. The minimum absolute atomic E-state index is 0.0380. The fourth-order valence-corrected chi connectivity index (χ4v) is 3.85. The summed E-state index contributed by atoms with van der Waals surface area (Å²) in [5.41, 5.74) is 1.28. The lowest BCUT2D eigenvalue weighted by Gasteiger charge is -2.21. The van der Waals surface area contributed by atoms with Gasteiger partial charge >= 0.3 is 5.97 Å². The zero-order chi connectivity index (χ0) is 20.9. The van der Waals surface area contributed by atoms with Crippen molar-refractivity contribution in [3.63, 3.8) is 0 Å². The van der Waals surface area contributed by atoms with Gasteiger partial charge in [0.1, 0.15) is 12.4 Å². The Morgan fingerprint density at radius 2 is 1.69 bits per heavy atom. The Hall–Kier alpha value is -3.39. The van der Waals surface area contributed by atoms with Gasteiger partial charge in [-0.2, -0.15) is 0 Å². The minimum Gasteiger partial charge on any atom is -0.495 e. The molecule has 7 nitrogen and oxygen atoms in total. The molecule has 29 heavy (non-hydrogen) atoms. The first-order valence-electron chi connectivity index (χ1n) is 8.72. The number of esters is 1. The van der Waals surface area contributed by atoms with Gasteiger partial charge in [-0.15, -0.1) is 0 Å². The summed E-state index contributed by atoms with van der Waals surface area (Å²) in [7, 11) is -0.908. The van der Waals surface area contributed by atoms with Gasteiger partial charge < -0.3 is 9.47 Å². The van der Waals surface area contributed by atoms with Crippen molar-refractivity contribution in [3.05, 3.63) is 84.2 Å². The van der Waals surface area contributed by atoms with Gasteiger partial charge in [-0.05, 0) is 48.5 Å². The first-order chi connectivity index (χ1) is 13.9. The van der Waals surface area contributed by atoms with E-state index in [2.05, 4.69) is 4.98 Å². The van der Waals surface area contributed by atoms with Crippen molar-refractivity contribution in [1.29, 1.82) is 0 Å². The number of aromatic nitrogens is 1. The van der Waals surface area contributed by atoms with Crippen LogP contribution in [0.5, 0.6) is 5.75 Å². The second-order valence-corrected chi connectivity index (χ2v) is 8.04. The molecule has 0 fully saturated rings. The smallest absolute Gasteiger partial charge is 0.338 e. The Balaban J connectivity index is 1.75. The number of sulfonamides is 1. The Morgan fingerprint density at radius 3 is 2.34 bits per heavy atom. The number of anilines is 1. The fourth-order valence-electron chi connectivity index (χ4n) is 2.65. The lowest BCUT2D eigenvalue weighted by atomic mass is 10.2. The zero-order valence-electron chi connectivity index (χ0n) is 16.0. The molecule has 0 unspecified atom stereocenters. The first kappa shape index (κ1) is 20.3. The molecule has 150 valence electrons. The van der Waals surface area contributed by atoms with Crippen molar-refractivity contribution in [2.24, 2.45) is 0 Å². The van der Waals surface area contributed by atoms with Crippen molar-refractivity contribution >= 4 is 21.7 Å². The molecule has 0 radical (unpaired) electrons. The number of methoxy groups -OCH3 is 1. The van der Waals surface area contributed by atoms with Crippen LogP contribution in [0.4, 0.5) is 5.69 Å². The molecule has 8 heteroatoms. The molecule has 0 aliphatic carbocycles. The molecule has 2 aromatic carbocycles. The molecule has 0 saturated heterocycles. The van der Waals surface area contributed by atoms with Crippen molar-refractivity contribution in [2.45, 2.75) is 11.5 Å². The largest absolute Gasteiger partial charge is 0.495 e. The number of carbonyl (C=O) groups excluding carboxylic acids is 1. The van der Waals surface area contributed by atoms with Gasteiger partial charge in [-0.25, -0.2) is 13.2 Å². The maximum absolute atomic E-state index is 12.9. The van der Waals surface area contributed by atoms with Crippen LogP contribution >= 0.6 is 0 Å². The van der Waals surface area contributed by atoms with E-state index in [-0.39, 0.29) is 17.1 Å². The lowest BCUT2D eigenvalue weighted by Crippen LogP contribution is -2.27. The van der Waals surface area contributed by atoms with Crippen LogP contribution in [0.1, 0.15) is 16.1 Å². The zero-order valence-corrected chi connectivity index (χ0v) is 16.8. The molecular weight excluding hydrogens is 392 g/mol. The van der Waals surface area contributed by atoms with Crippen molar-refractivity contribution in [2.75, 3.05) is 18.5 Å². The molecule has 3 aromatic rings. The summed E-state index contributed by atoms with van der Waals surface area (Å²) in [5, 5.41) is 0. The predicted octanol–water partition coefficient (Wildman–Crippen LogP) is 3.27. The third-order valence-electron chi connectivity index (χ3n) is 4.25. The summed E-state index contributed by atoms with van der Waals surface area (Å²) >= 11 is 0. The summed E-state index contributed by atoms with van der Waals surface area (Å²) in [6, 6.07) is 17.7. The molecule has 0 aliphatic heterocycles. The van der Waals surface area contributed by atoms with Crippen molar-refractivity contribution < 1.29 is 22.7 Å². The molecule has 0 bridgehead atoms. The molecule has 1 heterocycles. The van der Waals surface area contributed by atoms with E-state index in [0.29, 0.717) is 17.1 Å². The molecule has 0 aliphatic rings. The highest BCUT2D eigenvalue weighted by Gasteiger charge is 2.24. The standard InChI is InChI=1S/C21H20N2O5S/c1-23(19-8-3-4-9-20(19)27-2)29(25,26)18-12-10-16(11-13-18)21(24)28-15-17-7-5-6-14-22-17/h3-14H,15H2,1-2H3. The maximum atomic E-state index is 12.9. The maximum Gasteiger partial charge on any atom is 0.338 e. The lowest BCUT2D eigenvalue weighted by molar-refractivity contribution is 0.0467. The minimum atomic E-state index is -3.83. The van der Waals surface area contributed by atoms with Gasteiger partial charge in [-0.1, -0.05) is 18.2 Å². The number of para-hydroxylation sites is 2. The van der Waals surface area contributed by atoms with E-state index >= 15 is 0 Å². The molecule has 0 atom stereocenters. The number of carbonyl (C=O) groups is 1. The quantitative estimate of drug-likeness (QED) is 0.554. The second-order valence-electron chi connectivity index (χ2n) is 6.07. The second kappa shape index (κ2) is 8.74. The molecule has 3 rings (SSSR count). The monoisotopic (exact) mass is 412 g/mol. The number of ether oxygens (including phenoxy) is 2. The number of rotatable bonds is 7. The summed E-state index contributed by atoms with van der Waals surface area (Å²) < 4.78 is 37.5. The van der Waals surface area contributed by atoms with Gasteiger partial charge in [0.25, 0.3) is 10.0 Å². The summed E-state index contributed by atoms with van der Waals surface area (Å²) in [6.07, 6.45) is 1.61. The van der Waals surface area contributed by atoms with E-state index in [1.807, 2.05) is 0 Å². The van der Waals surface area contributed by atoms with Crippen molar-refractivity contribution in [1.82, 2.24) is 4.98 Å². The van der Waals surface area contributed by atoms with E-state index in [1.165, 1.54) is 38.4 Å². The third-order valence-corrected chi connectivity index (χ3v) is 6.04. The van der Waals surface area contributed by atoms with Crippen LogP contribution in [0.25, 0.3) is 0 Å². The SMILES string of the molecule is COc1ccccc1N(C)S(=O)(=O)c1ccc(C(=O)OCc2ccccn2)cc1. The van der Waals surface area contributed by atoms with Crippen LogP contribution in [0.15, 0.2) is 77.8 Å². The molecule has 0 spiro atoms. The van der Waals surface area contributed by atoms with Gasteiger partial charge in [-0.3, -0.25) is 9.29 Å². The number of hydrogen-bond donors (Lipinski definition) is 0. The molecule has 0 saturated carbocycles. The Kier molecular flexibility index (Phi) is 6.13. The predicted molar refractivity (Wildman–Crippen MR) is 108 cm³/mol. The number of nitrogens with zero attached hydrogens (tertiary/aromatic N) is 2. The molecule has 0 N–H and O–H groups in total. The van der Waals surface area contributed by atoms with E-state index < -0.39 is 16.0 Å². The van der Waals surface area contributed by atoms with Crippen molar-refractivity contribution in [3.8, 4) is 5.75 Å². The van der Waals surface area contributed by atoms with Gasteiger partial charge in [0.2, 0.25) is 0 Å². The van der Waals surface area contributed by atoms with E-state index in [0.717, 1.165) is 4.31 Å². The topological polar surface area (TPSA) is 85.8 Å². The normalized spacial score (nSPS) is 11.0. The number of hydrogen-bond acceptors (Lipinski definition) is 6. The molecule has 0 amide bonds. The number of benzene rings is 2. The van der Waals surface area contributed by atoms with Crippen LogP contribution < -0.4 is 9.04 Å². The van der Waals surface area contributed by atoms with Crippen LogP contribution in [0.2, 0.25) is 0 Å². The first-order valence-corrected chi connectivity index (χ1v) is 10.2. The Morgan fingerprint density at radius 1 is 1.00 bits per heavy atom. The Bertz CT molecular complexity index is 1080. The van der Waals surface area contributed by atoms with Crippen LogP contribution in [-0.2, 0) is 21.4 Å². The summed E-state index contributed by atoms with van der Waals surface area (Å²) in [5.74, 6) is -0.119. The van der Waals surface area contributed by atoms with Gasteiger partial charge in [0.05, 0.1) is 29.0 Å². The molecular formula is C21H20N2O5S. The molecule has 1 aromatic heterocycles. The van der Waals surface area contributed by atoms with Crippen LogP contribution in [-0.4, -0.2) is 33.5 Å². The van der Waals surface area contributed by atoms with Gasteiger partial charge in [0, 0.05) is 13.2 Å². The Labute approximate surface area is 169 Å². The van der Waals surface area contributed by atoms with Crippen LogP contribution in [0, 0.1) is 0 Å². The van der Waals surface area contributed by atoms with E-state index in [9.17, 15) is 13.2 Å².